The minimum atomic E-state index is -3.62. The second-order valence-corrected chi connectivity index (χ2v) is 10.8. The summed E-state index contributed by atoms with van der Waals surface area (Å²) in [5.74, 6) is -0.702. The van der Waals surface area contributed by atoms with Gasteiger partial charge in [-0.05, 0) is 61.4 Å². The first-order chi connectivity index (χ1) is 15.9. The predicted molar refractivity (Wildman–Crippen MR) is 128 cm³/mol. The highest BCUT2D eigenvalue weighted by Gasteiger charge is 2.31. The molecule has 2 aromatic carbocycles. The zero-order valence-corrected chi connectivity index (χ0v) is 20.0. The highest BCUT2D eigenvalue weighted by molar-refractivity contribution is 7.89. The summed E-state index contributed by atoms with van der Waals surface area (Å²) >= 11 is 1.26. The van der Waals surface area contributed by atoms with Crippen molar-refractivity contribution >= 4 is 32.4 Å². The maximum Gasteiger partial charge on any atom is 0.257 e. The first kappa shape index (κ1) is 23.5. The number of carbonyl (C=O) groups excluding carboxylic acids is 1. The van der Waals surface area contributed by atoms with Crippen molar-refractivity contribution in [1.29, 1.82) is 0 Å². The fourth-order valence-electron chi connectivity index (χ4n) is 4.16. The Hall–Kier alpha value is -2.62. The van der Waals surface area contributed by atoms with Gasteiger partial charge in [-0.3, -0.25) is 10.1 Å². The van der Waals surface area contributed by atoms with Gasteiger partial charge < -0.3 is 0 Å². The van der Waals surface area contributed by atoms with E-state index in [0.29, 0.717) is 22.9 Å². The van der Waals surface area contributed by atoms with Crippen molar-refractivity contribution in [3.05, 3.63) is 65.3 Å². The van der Waals surface area contributed by atoms with Gasteiger partial charge in [0.25, 0.3) is 5.91 Å². The van der Waals surface area contributed by atoms with Crippen LogP contribution in [-0.4, -0.2) is 36.2 Å². The molecule has 1 N–H and O–H groups in total. The average Bonchev–Trinajstić information content (AvgIpc) is 3.29. The molecule has 9 heteroatoms. The lowest BCUT2D eigenvalue weighted by Crippen LogP contribution is -2.41. The molecule has 33 heavy (non-hydrogen) atoms. The third-order valence-corrected chi connectivity index (χ3v) is 8.68. The molecule has 1 saturated carbocycles. The van der Waals surface area contributed by atoms with E-state index in [0.717, 1.165) is 37.7 Å². The minimum absolute atomic E-state index is 0.0388. The van der Waals surface area contributed by atoms with Crippen molar-refractivity contribution < 1.29 is 17.6 Å². The average molecular weight is 488 g/mol. The van der Waals surface area contributed by atoms with Crippen molar-refractivity contribution in [1.82, 2.24) is 9.29 Å². The standard InChI is InChI=1S/C24H26FN3O3S2/c1-2-28(20-6-4-3-5-7-20)33(30,31)21-14-10-18(11-15-21)23(29)27-24-26-22(16-32-24)17-8-12-19(25)13-9-17/h8-16,20H,2-7H2,1H3,(H,26,27,29). The molecule has 1 fully saturated rings. The van der Waals surface area contributed by atoms with Gasteiger partial charge in [-0.15, -0.1) is 11.3 Å². The first-order valence-electron chi connectivity index (χ1n) is 11.0. The quantitative estimate of drug-likeness (QED) is 0.474. The molecule has 0 aliphatic heterocycles. The number of thiazole rings is 1. The Labute approximate surface area is 197 Å². The van der Waals surface area contributed by atoms with E-state index in [2.05, 4.69) is 10.3 Å². The summed E-state index contributed by atoms with van der Waals surface area (Å²) < 4.78 is 41.1. The molecule has 0 spiro atoms. The molecule has 6 nitrogen and oxygen atoms in total. The van der Waals surface area contributed by atoms with Crippen LogP contribution in [0.4, 0.5) is 9.52 Å². The number of amides is 1. The minimum Gasteiger partial charge on any atom is -0.298 e. The number of benzene rings is 2. The van der Waals surface area contributed by atoms with Crippen LogP contribution in [0.15, 0.2) is 58.8 Å². The number of halogens is 1. The van der Waals surface area contributed by atoms with Crippen molar-refractivity contribution in [2.24, 2.45) is 0 Å². The molecule has 1 aromatic heterocycles. The Kier molecular flexibility index (Phi) is 7.21. The molecule has 1 aliphatic rings. The summed E-state index contributed by atoms with van der Waals surface area (Å²) in [7, 11) is -3.62. The lowest BCUT2D eigenvalue weighted by atomic mass is 9.95. The number of carbonyl (C=O) groups is 1. The molecule has 1 heterocycles. The van der Waals surface area contributed by atoms with Crippen LogP contribution in [-0.2, 0) is 10.0 Å². The van der Waals surface area contributed by atoms with Gasteiger partial charge in [-0.1, -0.05) is 26.2 Å². The smallest absolute Gasteiger partial charge is 0.257 e. The molecular weight excluding hydrogens is 461 g/mol. The van der Waals surface area contributed by atoms with Crippen LogP contribution in [0.5, 0.6) is 0 Å². The van der Waals surface area contributed by atoms with E-state index in [1.807, 2.05) is 6.92 Å². The van der Waals surface area contributed by atoms with Crippen LogP contribution in [0.25, 0.3) is 11.3 Å². The molecule has 0 saturated heterocycles. The summed E-state index contributed by atoms with van der Waals surface area (Å²) in [5.41, 5.74) is 1.73. The fraction of sp³-hybridized carbons (Fsp3) is 0.333. The van der Waals surface area contributed by atoms with Gasteiger partial charge in [0.05, 0.1) is 10.6 Å². The third kappa shape index (κ3) is 5.31. The number of hydrogen-bond acceptors (Lipinski definition) is 5. The van der Waals surface area contributed by atoms with E-state index >= 15 is 0 Å². The molecule has 0 atom stereocenters. The van der Waals surface area contributed by atoms with Gasteiger partial charge in [0.15, 0.2) is 5.13 Å². The lowest BCUT2D eigenvalue weighted by Gasteiger charge is -2.32. The van der Waals surface area contributed by atoms with E-state index in [-0.39, 0.29) is 22.7 Å². The highest BCUT2D eigenvalue weighted by Crippen LogP contribution is 2.28. The topological polar surface area (TPSA) is 79.4 Å². The summed E-state index contributed by atoms with van der Waals surface area (Å²) in [6, 6.07) is 12.0. The molecular formula is C24H26FN3O3S2. The molecule has 3 aromatic rings. The number of sulfonamides is 1. The molecule has 0 unspecified atom stereocenters. The van der Waals surface area contributed by atoms with Crippen molar-refractivity contribution in [3.63, 3.8) is 0 Å². The second-order valence-electron chi connectivity index (χ2n) is 8.02. The van der Waals surface area contributed by atoms with Gasteiger partial charge >= 0.3 is 0 Å². The largest absolute Gasteiger partial charge is 0.298 e. The van der Waals surface area contributed by atoms with Gasteiger partial charge in [-0.2, -0.15) is 4.31 Å². The number of nitrogens with zero attached hydrogens (tertiary/aromatic N) is 2. The van der Waals surface area contributed by atoms with E-state index in [1.165, 1.54) is 47.7 Å². The Bertz CT molecular complexity index is 1200. The van der Waals surface area contributed by atoms with Crippen molar-refractivity contribution in [2.45, 2.75) is 50.0 Å². The Balaban J connectivity index is 1.45. The highest BCUT2D eigenvalue weighted by atomic mass is 32.2. The van der Waals surface area contributed by atoms with Crippen LogP contribution < -0.4 is 5.32 Å². The Morgan fingerprint density at radius 2 is 1.76 bits per heavy atom. The number of nitrogens with one attached hydrogen (secondary N) is 1. The molecule has 0 radical (unpaired) electrons. The SMILES string of the molecule is CCN(C1CCCCC1)S(=O)(=O)c1ccc(C(=O)Nc2nc(-c3ccc(F)cc3)cs2)cc1. The number of anilines is 1. The van der Waals surface area contributed by atoms with E-state index in [1.54, 1.807) is 21.8 Å². The zero-order valence-electron chi connectivity index (χ0n) is 18.3. The van der Waals surface area contributed by atoms with Crippen LogP contribution in [0.3, 0.4) is 0 Å². The van der Waals surface area contributed by atoms with Crippen LogP contribution in [0.1, 0.15) is 49.4 Å². The maximum atomic E-state index is 13.2. The molecule has 4 rings (SSSR count). The van der Waals surface area contributed by atoms with E-state index < -0.39 is 10.0 Å². The lowest BCUT2D eigenvalue weighted by molar-refractivity contribution is 0.102. The Morgan fingerprint density at radius 1 is 1.09 bits per heavy atom. The van der Waals surface area contributed by atoms with Crippen molar-refractivity contribution in [2.75, 3.05) is 11.9 Å². The maximum absolute atomic E-state index is 13.2. The van der Waals surface area contributed by atoms with Gasteiger partial charge in [-0.25, -0.2) is 17.8 Å². The summed E-state index contributed by atoms with van der Waals surface area (Å²) in [5, 5.41) is 4.93. The summed E-state index contributed by atoms with van der Waals surface area (Å²) in [6.45, 7) is 2.29. The molecule has 174 valence electrons. The number of hydrogen-bond donors (Lipinski definition) is 1. The van der Waals surface area contributed by atoms with Crippen LogP contribution >= 0.6 is 11.3 Å². The first-order valence-corrected chi connectivity index (χ1v) is 13.3. The zero-order chi connectivity index (χ0) is 23.4. The van der Waals surface area contributed by atoms with Gasteiger partial charge in [0, 0.05) is 29.1 Å². The normalized spacial score (nSPS) is 15.0. The Morgan fingerprint density at radius 3 is 2.39 bits per heavy atom. The van der Waals surface area contributed by atoms with Gasteiger partial charge in [0.2, 0.25) is 10.0 Å². The molecule has 1 aliphatic carbocycles. The fourth-order valence-corrected chi connectivity index (χ4v) is 6.57. The van der Waals surface area contributed by atoms with Crippen LogP contribution in [0, 0.1) is 5.82 Å². The monoisotopic (exact) mass is 487 g/mol. The number of aromatic nitrogens is 1. The summed E-state index contributed by atoms with van der Waals surface area (Å²) in [6.07, 6.45) is 5.04. The van der Waals surface area contributed by atoms with E-state index in [9.17, 15) is 17.6 Å². The third-order valence-electron chi connectivity index (χ3n) is 5.88. The second kappa shape index (κ2) is 10.1. The van der Waals surface area contributed by atoms with E-state index in [4.69, 9.17) is 0 Å². The predicted octanol–water partition coefficient (Wildman–Crippen LogP) is 5.54. The van der Waals surface area contributed by atoms with Gasteiger partial charge in [0.1, 0.15) is 5.82 Å². The number of rotatable bonds is 7. The molecule has 0 bridgehead atoms. The van der Waals surface area contributed by atoms with Crippen LogP contribution in [0.2, 0.25) is 0 Å². The molecule has 1 amide bonds. The summed E-state index contributed by atoms with van der Waals surface area (Å²) in [4.78, 5) is 17.2. The van der Waals surface area contributed by atoms with Crippen molar-refractivity contribution in [3.8, 4) is 11.3 Å².